The van der Waals surface area contributed by atoms with Gasteiger partial charge in [-0.15, -0.1) is 0 Å². The third-order valence-electron chi connectivity index (χ3n) is 3.14. The van der Waals surface area contributed by atoms with E-state index in [2.05, 4.69) is 4.74 Å². The summed E-state index contributed by atoms with van der Waals surface area (Å²) in [5.74, 6) is -0.523. The molecule has 104 valence electrons. The lowest BCUT2D eigenvalue weighted by Gasteiger charge is -2.22. The first-order valence-electron chi connectivity index (χ1n) is 5.92. The molecule has 7 heteroatoms. The average molecular weight is 284 g/mol. The van der Waals surface area contributed by atoms with E-state index in [4.69, 9.17) is 5.73 Å². The van der Waals surface area contributed by atoms with Gasteiger partial charge in [-0.25, -0.2) is 8.42 Å². The molecule has 0 radical (unpaired) electrons. The second kappa shape index (κ2) is 5.18. The first kappa shape index (κ1) is 13.8. The Labute approximate surface area is 112 Å². The molecule has 0 unspecified atom stereocenters. The number of rotatable bonds is 3. The molecule has 1 aromatic carbocycles. The summed E-state index contributed by atoms with van der Waals surface area (Å²) in [6, 6.07) is 5.31. The van der Waals surface area contributed by atoms with E-state index in [0.29, 0.717) is 25.1 Å². The zero-order chi connectivity index (χ0) is 14.0. The minimum atomic E-state index is -3.71. The number of carbonyl (C=O) groups is 1. The van der Waals surface area contributed by atoms with E-state index in [-0.39, 0.29) is 4.90 Å². The van der Waals surface area contributed by atoms with Gasteiger partial charge in [0.25, 0.3) is 0 Å². The maximum absolute atomic E-state index is 12.5. The normalized spacial score (nSPS) is 20.4. The number of ether oxygens (including phenoxy) is 1. The minimum Gasteiger partial charge on any atom is -0.468 e. The lowest BCUT2D eigenvalue weighted by molar-refractivity contribution is -0.144. The highest BCUT2D eigenvalue weighted by molar-refractivity contribution is 7.89. The second-order valence-corrected chi connectivity index (χ2v) is 6.26. The lowest BCUT2D eigenvalue weighted by atomic mass is 10.2. The van der Waals surface area contributed by atoms with Crippen molar-refractivity contribution in [2.75, 3.05) is 19.4 Å². The average Bonchev–Trinajstić information content (AvgIpc) is 2.87. The third kappa shape index (κ3) is 2.57. The molecule has 0 saturated carbocycles. The van der Waals surface area contributed by atoms with Gasteiger partial charge >= 0.3 is 5.97 Å². The van der Waals surface area contributed by atoms with Crippen molar-refractivity contribution in [3.05, 3.63) is 24.3 Å². The smallest absolute Gasteiger partial charge is 0.324 e. The van der Waals surface area contributed by atoms with Crippen LogP contribution in [0.25, 0.3) is 0 Å². The number of hydrogen-bond donors (Lipinski definition) is 1. The summed E-state index contributed by atoms with van der Waals surface area (Å²) in [7, 11) is -2.46. The fourth-order valence-electron chi connectivity index (χ4n) is 2.21. The number of anilines is 1. The largest absolute Gasteiger partial charge is 0.468 e. The highest BCUT2D eigenvalue weighted by Gasteiger charge is 2.40. The molecule has 0 amide bonds. The van der Waals surface area contributed by atoms with Crippen molar-refractivity contribution in [2.24, 2.45) is 0 Å². The van der Waals surface area contributed by atoms with Crippen LogP contribution >= 0.6 is 0 Å². The summed E-state index contributed by atoms with van der Waals surface area (Å²) in [6.07, 6.45) is 1.12. The summed E-state index contributed by atoms with van der Waals surface area (Å²) in [5, 5.41) is 0. The number of esters is 1. The Morgan fingerprint density at radius 3 is 2.84 bits per heavy atom. The Kier molecular flexibility index (Phi) is 3.77. The van der Waals surface area contributed by atoms with E-state index in [1.54, 1.807) is 12.1 Å². The van der Waals surface area contributed by atoms with Crippen LogP contribution in [0.3, 0.4) is 0 Å². The molecule has 19 heavy (non-hydrogen) atoms. The predicted octanol–water partition coefficient (Wildman–Crippen LogP) is 0.595. The molecule has 2 rings (SSSR count). The van der Waals surface area contributed by atoms with Gasteiger partial charge in [0.1, 0.15) is 6.04 Å². The number of nitrogens with zero attached hydrogens (tertiary/aromatic N) is 1. The third-order valence-corrected chi connectivity index (χ3v) is 5.05. The van der Waals surface area contributed by atoms with Crippen LogP contribution in [0.1, 0.15) is 12.8 Å². The van der Waals surface area contributed by atoms with Crippen LogP contribution in [0.15, 0.2) is 29.2 Å². The Morgan fingerprint density at radius 2 is 2.21 bits per heavy atom. The quantitative estimate of drug-likeness (QED) is 0.648. The van der Waals surface area contributed by atoms with Gasteiger partial charge in [0, 0.05) is 12.2 Å². The number of nitrogens with two attached hydrogens (primary N) is 1. The van der Waals surface area contributed by atoms with Gasteiger partial charge in [-0.2, -0.15) is 4.31 Å². The number of nitrogen functional groups attached to an aromatic ring is 1. The fourth-order valence-corrected chi connectivity index (χ4v) is 3.91. The Morgan fingerprint density at radius 1 is 1.47 bits per heavy atom. The zero-order valence-corrected chi connectivity index (χ0v) is 11.4. The molecule has 1 aliphatic heterocycles. The predicted molar refractivity (Wildman–Crippen MR) is 69.8 cm³/mol. The highest BCUT2D eigenvalue weighted by atomic mass is 32.2. The molecule has 1 heterocycles. The van der Waals surface area contributed by atoms with Crippen LogP contribution in [-0.4, -0.2) is 38.4 Å². The van der Waals surface area contributed by atoms with Crippen molar-refractivity contribution in [2.45, 2.75) is 23.8 Å². The number of hydrogen-bond acceptors (Lipinski definition) is 5. The van der Waals surface area contributed by atoms with Gasteiger partial charge in [-0.1, -0.05) is 6.07 Å². The summed E-state index contributed by atoms with van der Waals surface area (Å²) in [5.41, 5.74) is 5.97. The van der Waals surface area contributed by atoms with Crippen LogP contribution in [0.2, 0.25) is 0 Å². The van der Waals surface area contributed by atoms with E-state index >= 15 is 0 Å². The van der Waals surface area contributed by atoms with E-state index in [0.717, 1.165) is 0 Å². The highest BCUT2D eigenvalue weighted by Crippen LogP contribution is 2.27. The standard InChI is InChI=1S/C12H16N2O4S/c1-18-12(15)11-6-3-7-14(11)19(16,17)10-5-2-4-9(13)8-10/h2,4-5,8,11H,3,6-7,13H2,1H3/t11-/m0/s1. The van der Waals surface area contributed by atoms with Crippen molar-refractivity contribution < 1.29 is 17.9 Å². The summed E-state index contributed by atoms with van der Waals surface area (Å²) in [6.45, 7) is 0.316. The summed E-state index contributed by atoms with van der Waals surface area (Å²) < 4.78 is 30.8. The molecule has 1 aromatic rings. The van der Waals surface area contributed by atoms with Crippen LogP contribution in [0, 0.1) is 0 Å². The zero-order valence-electron chi connectivity index (χ0n) is 10.6. The van der Waals surface area contributed by atoms with E-state index in [9.17, 15) is 13.2 Å². The molecule has 6 nitrogen and oxygen atoms in total. The molecule has 0 aromatic heterocycles. The topological polar surface area (TPSA) is 89.7 Å². The lowest BCUT2D eigenvalue weighted by Crippen LogP contribution is -2.41. The maximum Gasteiger partial charge on any atom is 0.324 e. The monoisotopic (exact) mass is 284 g/mol. The molecule has 1 atom stereocenters. The Hall–Kier alpha value is -1.60. The minimum absolute atomic E-state index is 0.100. The van der Waals surface area contributed by atoms with E-state index in [1.807, 2.05) is 0 Å². The number of sulfonamides is 1. The first-order valence-corrected chi connectivity index (χ1v) is 7.36. The second-order valence-electron chi connectivity index (χ2n) is 4.37. The van der Waals surface area contributed by atoms with Crippen LogP contribution in [0.4, 0.5) is 5.69 Å². The molecule has 0 aliphatic carbocycles. The van der Waals surface area contributed by atoms with Gasteiger partial charge in [-0.05, 0) is 31.0 Å². The number of benzene rings is 1. The summed E-state index contributed by atoms with van der Waals surface area (Å²) >= 11 is 0. The van der Waals surface area contributed by atoms with Gasteiger partial charge in [0.2, 0.25) is 10.0 Å². The first-order chi connectivity index (χ1) is 8.96. The van der Waals surface area contributed by atoms with Crippen LogP contribution < -0.4 is 5.73 Å². The summed E-state index contributed by atoms with van der Waals surface area (Å²) in [4.78, 5) is 11.7. The SMILES string of the molecule is COC(=O)[C@@H]1CCCN1S(=O)(=O)c1cccc(N)c1. The molecular weight excluding hydrogens is 268 g/mol. The fraction of sp³-hybridized carbons (Fsp3) is 0.417. The molecule has 0 spiro atoms. The van der Waals surface area contributed by atoms with Crippen molar-refractivity contribution in [1.29, 1.82) is 0 Å². The maximum atomic E-state index is 12.5. The number of methoxy groups -OCH3 is 1. The van der Waals surface area contributed by atoms with Gasteiger partial charge < -0.3 is 10.5 Å². The number of carbonyl (C=O) groups excluding carboxylic acids is 1. The van der Waals surface area contributed by atoms with Crippen molar-refractivity contribution in [1.82, 2.24) is 4.31 Å². The van der Waals surface area contributed by atoms with Crippen molar-refractivity contribution in [3.63, 3.8) is 0 Å². The van der Waals surface area contributed by atoms with E-state index < -0.39 is 22.0 Å². The molecule has 1 saturated heterocycles. The Balaban J connectivity index is 2.36. The van der Waals surface area contributed by atoms with Gasteiger partial charge in [0.15, 0.2) is 0 Å². The van der Waals surface area contributed by atoms with Crippen LogP contribution in [-0.2, 0) is 19.6 Å². The molecule has 1 aliphatic rings. The molecule has 1 fully saturated rings. The Bertz CT molecular complexity index is 585. The van der Waals surface area contributed by atoms with E-state index in [1.165, 1.54) is 23.5 Å². The van der Waals surface area contributed by atoms with Gasteiger partial charge in [-0.3, -0.25) is 4.79 Å². The van der Waals surface area contributed by atoms with Crippen molar-refractivity contribution >= 4 is 21.7 Å². The van der Waals surface area contributed by atoms with Gasteiger partial charge in [0.05, 0.1) is 12.0 Å². The molecule has 2 N–H and O–H groups in total. The van der Waals surface area contributed by atoms with Crippen molar-refractivity contribution in [3.8, 4) is 0 Å². The molecular formula is C12H16N2O4S. The molecule has 0 bridgehead atoms. The van der Waals surface area contributed by atoms with Crippen LogP contribution in [0.5, 0.6) is 0 Å².